The molecular formula is C14H14N4O10S3. The van der Waals surface area contributed by atoms with Crippen LogP contribution in [0, 0.1) is 0 Å². The van der Waals surface area contributed by atoms with Gasteiger partial charge in [0.25, 0.3) is 30.4 Å². The molecule has 0 unspecified atom stereocenters. The van der Waals surface area contributed by atoms with E-state index in [9.17, 15) is 43.7 Å². The van der Waals surface area contributed by atoms with Gasteiger partial charge >= 0.3 is 0 Å². The minimum Gasteiger partial charge on any atom is -0.325 e. The summed E-state index contributed by atoms with van der Waals surface area (Å²) in [4.78, 5) is 11.8. The predicted molar refractivity (Wildman–Crippen MR) is 105 cm³/mol. The van der Waals surface area contributed by atoms with E-state index in [0.29, 0.717) is 24.3 Å². The Hall–Kier alpha value is -2.79. The molecule has 0 aliphatic carbocycles. The van der Waals surface area contributed by atoms with Crippen molar-refractivity contribution in [3.8, 4) is 0 Å². The lowest BCUT2D eigenvalue weighted by Gasteiger charge is -2.14. The molecule has 14 nitrogen and oxygen atoms in total. The number of anilines is 1. The number of carbonyl (C=O) groups excluding carboxylic acids is 1. The van der Waals surface area contributed by atoms with Gasteiger partial charge in [-0.2, -0.15) is 25.3 Å². The van der Waals surface area contributed by atoms with Crippen LogP contribution >= 0.6 is 0 Å². The van der Waals surface area contributed by atoms with Crippen LogP contribution in [0.5, 0.6) is 0 Å². The van der Waals surface area contributed by atoms with Gasteiger partial charge in [0.05, 0.1) is 15.5 Å². The van der Waals surface area contributed by atoms with Crippen molar-refractivity contribution in [2.24, 2.45) is 5.11 Å². The first kappa shape index (κ1) is 24.5. The molecular weight excluding hydrogens is 480 g/mol. The number of benzene rings is 2. The maximum Gasteiger partial charge on any atom is 0.295 e. The van der Waals surface area contributed by atoms with Crippen molar-refractivity contribution in [2.45, 2.75) is 27.5 Å². The van der Waals surface area contributed by atoms with Crippen molar-refractivity contribution < 1.29 is 43.7 Å². The molecule has 0 radical (unpaired) electrons. The minimum absolute atomic E-state index is 0.0380. The highest BCUT2D eigenvalue weighted by Gasteiger charge is 2.25. The van der Waals surface area contributed by atoms with Gasteiger partial charge in [0.15, 0.2) is 0 Å². The third kappa shape index (κ3) is 6.11. The molecule has 0 aliphatic rings. The molecule has 0 spiro atoms. The quantitative estimate of drug-likeness (QED) is 0.136. The second kappa shape index (κ2) is 8.75. The summed E-state index contributed by atoms with van der Waals surface area (Å²) in [6.07, 6.45) is -0.148. The van der Waals surface area contributed by atoms with Crippen LogP contribution in [0.4, 0.5) is 5.69 Å². The second-order valence-corrected chi connectivity index (χ2v) is 10.3. The van der Waals surface area contributed by atoms with Crippen LogP contribution in [0.15, 0.2) is 44.1 Å². The first-order chi connectivity index (χ1) is 14.1. The third-order valence-electron chi connectivity index (χ3n) is 3.83. The second-order valence-electron chi connectivity index (χ2n) is 6.02. The molecule has 2 aromatic carbocycles. The van der Waals surface area contributed by atoms with Gasteiger partial charge in [-0.15, -0.1) is 0 Å². The minimum atomic E-state index is -5.14. The monoisotopic (exact) mass is 494 g/mol. The van der Waals surface area contributed by atoms with Gasteiger partial charge < -0.3 is 5.32 Å². The summed E-state index contributed by atoms with van der Waals surface area (Å²) < 4.78 is 97.9. The summed E-state index contributed by atoms with van der Waals surface area (Å²) in [7, 11) is -15.0. The summed E-state index contributed by atoms with van der Waals surface area (Å²) in [5.74, 6) is -0.776. The zero-order valence-electron chi connectivity index (χ0n) is 15.2. The zero-order chi connectivity index (χ0) is 23.6. The van der Waals surface area contributed by atoms with E-state index >= 15 is 0 Å². The van der Waals surface area contributed by atoms with Crippen LogP contribution in [0.25, 0.3) is 21.2 Å². The largest absolute Gasteiger partial charge is 0.325 e. The van der Waals surface area contributed by atoms with E-state index in [2.05, 4.69) is 15.3 Å². The summed E-state index contributed by atoms with van der Waals surface area (Å²) >= 11 is 0. The van der Waals surface area contributed by atoms with Crippen LogP contribution < -0.4 is 5.32 Å². The molecule has 0 fully saturated rings. The van der Waals surface area contributed by atoms with Crippen molar-refractivity contribution >= 4 is 52.7 Å². The fourth-order valence-corrected chi connectivity index (χ4v) is 4.51. The Kier molecular flexibility index (Phi) is 6.91. The number of fused-ring (bicyclic) bond motifs is 1. The maximum atomic E-state index is 12.2. The third-order valence-corrected chi connectivity index (χ3v) is 6.37. The van der Waals surface area contributed by atoms with E-state index in [0.717, 1.165) is 0 Å². The van der Waals surface area contributed by atoms with Crippen molar-refractivity contribution in [1.82, 2.24) is 0 Å². The molecule has 1 amide bonds. The highest BCUT2D eigenvalue weighted by atomic mass is 32.2. The summed E-state index contributed by atoms with van der Waals surface area (Å²) in [6, 6.07) is 2.48. The van der Waals surface area contributed by atoms with Crippen LogP contribution in [0.2, 0.25) is 0 Å². The molecule has 2 aromatic rings. The number of nitrogens with zero attached hydrogens (tertiary/aromatic N) is 3. The van der Waals surface area contributed by atoms with Crippen LogP contribution in [-0.4, -0.2) is 51.4 Å². The molecule has 31 heavy (non-hydrogen) atoms. The number of azide groups is 1. The van der Waals surface area contributed by atoms with Crippen LogP contribution in [0.3, 0.4) is 0 Å². The van der Waals surface area contributed by atoms with E-state index in [1.54, 1.807) is 0 Å². The lowest BCUT2D eigenvalue weighted by Crippen LogP contribution is -2.14. The summed E-state index contributed by atoms with van der Waals surface area (Å²) in [5, 5.41) is 4.49. The highest BCUT2D eigenvalue weighted by molar-refractivity contribution is 7.87. The van der Waals surface area contributed by atoms with E-state index in [4.69, 9.17) is 5.53 Å². The van der Waals surface area contributed by atoms with E-state index < -0.39 is 67.4 Å². The van der Waals surface area contributed by atoms with E-state index in [1.807, 2.05) is 0 Å². The number of rotatable bonds is 8. The van der Waals surface area contributed by atoms with Gasteiger partial charge in [-0.1, -0.05) is 5.11 Å². The predicted octanol–water partition coefficient (Wildman–Crippen LogP) is 1.61. The van der Waals surface area contributed by atoms with Gasteiger partial charge in [0, 0.05) is 23.3 Å². The number of carbonyl (C=O) groups is 1. The molecule has 0 saturated carbocycles. The average Bonchev–Trinajstić information content (AvgIpc) is 2.61. The normalized spacial score (nSPS) is 12.4. The molecule has 4 N–H and O–H groups in total. The topological polar surface area (TPSA) is 241 Å². The summed E-state index contributed by atoms with van der Waals surface area (Å²) in [5.41, 5.74) is 7.72. The zero-order valence-corrected chi connectivity index (χ0v) is 17.6. The maximum absolute atomic E-state index is 12.2. The molecule has 0 bridgehead atoms. The van der Waals surface area contributed by atoms with Gasteiger partial charge in [-0.3, -0.25) is 18.5 Å². The van der Waals surface area contributed by atoms with E-state index in [-0.39, 0.29) is 19.4 Å². The van der Waals surface area contributed by atoms with Gasteiger partial charge in [0.1, 0.15) is 4.90 Å². The molecule has 17 heteroatoms. The molecule has 0 atom stereocenters. The number of hydrogen-bond donors (Lipinski definition) is 4. The Morgan fingerprint density at radius 3 is 1.97 bits per heavy atom. The Labute approximate surface area is 175 Å². The molecule has 0 aromatic heterocycles. The number of hydrogen-bond acceptors (Lipinski definition) is 8. The van der Waals surface area contributed by atoms with E-state index in [1.165, 1.54) is 0 Å². The molecule has 0 heterocycles. The fraction of sp³-hybridized carbons (Fsp3) is 0.214. The SMILES string of the molecule is [N-]=[N+]=NCCCC(=O)Nc1cc(S(=O)(=O)O)cc2cc(S(=O)(=O)O)cc(S(=O)(=O)O)c12. The first-order valence-corrected chi connectivity index (χ1v) is 12.3. The fourth-order valence-electron chi connectivity index (χ4n) is 2.59. The Morgan fingerprint density at radius 1 is 0.935 bits per heavy atom. The van der Waals surface area contributed by atoms with Gasteiger partial charge in [-0.25, -0.2) is 0 Å². The molecule has 168 valence electrons. The van der Waals surface area contributed by atoms with Crippen LogP contribution in [0.1, 0.15) is 12.8 Å². The highest BCUT2D eigenvalue weighted by Crippen LogP contribution is 2.35. The molecule has 0 saturated heterocycles. The number of amides is 1. The average molecular weight is 494 g/mol. The van der Waals surface area contributed by atoms with Crippen LogP contribution in [-0.2, 0) is 35.1 Å². The standard InChI is InChI=1S/C14H14N4O10S3/c15-18-16-3-1-2-13(19)17-11-6-9(29(20,21)22)4-8-5-10(30(23,24)25)7-12(14(8)11)31(26,27)28/h4-7H,1-3H2,(H,17,19)(H,20,21,22)(H,23,24,25)(H,26,27,28). The Balaban J connectivity index is 2.82. The number of nitrogens with one attached hydrogen (secondary N) is 1. The van der Waals surface area contributed by atoms with Crippen molar-refractivity contribution in [3.63, 3.8) is 0 Å². The smallest absolute Gasteiger partial charge is 0.295 e. The van der Waals surface area contributed by atoms with Crippen molar-refractivity contribution in [3.05, 3.63) is 34.7 Å². The molecule has 2 rings (SSSR count). The lowest BCUT2D eigenvalue weighted by atomic mass is 10.1. The first-order valence-electron chi connectivity index (χ1n) is 7.99. The summed E-state index contributed by atoms with van der Waals surface area (Å²) in [6.45, 7) is -0.0380. The Morgan fingerprint density at radius 2 is 1.48 bits per heavy atom. The van der Waals surface area contributed by atoms with Gasteiger partial charge in [-0.05, 0) is 41.6 Å². The Bertz CT molecular complexity index is 1420. The molecule has 0 aliphatic heterocycles. The van der Waals surface area contributed by atoms with Crippen molar-refractivity contribution in [1.29, 1.82) is 0 Å². The van der Waals surface area contributed by atoms with Gasteiger partial charge in [0.2, 0.25) is 5.91 Å². The lowest BCUT2D eigenvalue weighted by molar-refractivity contribution is -0.116. The van der Waals surface area contributed by atoms with Crippen molar-refractivity contribution in [2.75, 3.05) is 11.9 Å².